The number of aliphatic hydroxyl groups excluding tert-OH is 1. The molecule has 0 aliphatic carbocycles. The number of benzene rings is 1. The van der Waals surface area contributed by atoms with Gasteiger partial charge in [-0.25, -0.2) is 8.78 Å². The van der Waals surface area contributed by atoms with E-state index in [1.807, 2.05) is 0 Å². The van der Waals surface area contributed by atoms with Crippen LogP contribution < -0.4 is 5.32 Å². The average Bonchev–Trinajstić information content (AvgIpc) is 2.89. The van der Waals surface area contributed by atoms with Crippen LogP contribution in [-0.4, -0.2) is 27.8 Å². The molecule has 0 spiro atoms. The number of aromatic nitrogens is 2. The van der Waals surface area contributed by atoms with Crippen LogP contribution in [-0.2, 0) is 0 Å². The summed E-state index contributed by atoms with van der Waals surface area (Å²) in [4.78, 5) is 11.5. The minimum absolute atomic E-state index is 0.196. The Bertz CT molecular complexity index is 552. The van der Waals surface area contributed by atoms with Crippen LogP contribution in [0.3, 0.4) is 0 Å². The zero-order valence-electron chi connectivity index (χ0n) is 9.73. The van der Waals surface area contributed by atoms with Crippen molar-refractivity contribution in [2.24, 2.45) is 0 Å². The lowest BCUT2D eigenvalue weighted by Crippen LogP contribution is -2.29. The summed E-state index contributed by atoms with van der Waals surface area (Å²) in [5.74, 6) is -2.24. The van der Waals surface area contributed by atoms with Crippen LogP contribution in [0.2, 0.25) is 0 Å². The largest absolute Gasteiger partial charge is 0.386 e. The van der Waals surface area contributed by atoms with E-state index in [0.717, 1.165) is 12.1 Å². The first-order valence-corrected chi connectivity index (χ1v) is 5.49. The van der Waals surface area contributed by atoms with E-state index in [0.29, 0.717) is 0 Å². The van der Waals surface area contributed by atoms with Crippen molar-refractivity contribution in [2.45, 2.75) is 6.10 Å². The SMILES string of the molecule is O=C(NCC(O)c1c(F)cccc1F)c1ccn[nH]1. The van der Waals surface area contributed by atoms with Crippen molar-refractivity contribution in [1.82, 2.24) is 15.5 Å². The van der Waals surface area contributed by atoms with Crippen molar-refractivity contribution in [3.8, 4) is 0 Å². The summed E-state index contributed by atoms with van der Waals surface area (Å²) < 4.78 is 26.7. The van der Waals surface area contributed by atoms with Crippen LogP contribution in [0.25, 0.3) is 0 Å². The third-order valence-electron chi connectivity index (χ3n) is 2.53. The number of rotatable bonds is 4. The van der Waals surface area contributed by atoms with Gasteiger partial charge in [-0.2, -0.15) is 5.10 Å². The van der Waals surface area contributed by atoms with Crippen molar-refractivity contribution in [1.29, 1.82) is 0 Å². The van der Waals surface area contributed by atoms with Crippen LogP contribution in [0.5, 0.6) is 0 Å². The molecule has 1 atom stereocenters. The Morgan fingerprint density at radius 3 is 2.63 bits per heavy atom. The number of halogens is 2. The van der Waals surface area contributed by atoms with E-state index in [2.05, 4.69) is 15.5 Å². The minimum atomic E-state index is -1.46. The zero-order chi connectivity index (χ0) is 13.8. The second-order valence-electron chi connectivity index (χ2n) is 3.83. The summed E-state index contributed by atoms with van der Waals surface area (Å²) in [6.45, 7) is -0.310. The molecule has 100 valence electrons. The van der Waals surface area contributed by atoms with E-state index in [4.69, 9.17) is 0 Å². The number of nitrogens with zero attached hydrogens (tertiary/aromatic N) is 1. The summed E-state index contributed by atoms with van der Waals surface area (Å²) in [5.41, 5.74) is -0.270. The maximum absolute atomic E-state index is 13.4. The lowest BCUT2D eigenvalue weighted by molar-refractivity contribution is 0.0906. The van der Waals surface area contributed by atoms with Gasteiger partial charge in [-0.05, 0) is 18.2 Å². The first kappa shape index (κ1) is 13.2. The Morgan fingerprint density at radius 1 is 1.37 bits per heavy atom. The molecule has 3 N–H and O–H groups in total. The molecule has 1 heterocycles. The van der Waals surface area contributed by atoms with Gasteiger partial charge in [-0.3, -0.25) is 9.89 Å². The molecule has 1 unspecified atom stereocenters. The van der Waals surface area contributed by atoms with E-state index < -0.39 is 29.2 Å². The second kappa shape index (κ2) is 5.57. The van der Waals surface area contributed by atoms with Gasteiger partial charge in [0.2, 0.25) is 0 Å². The van der Waals surface area contributed by atoms with Gasteiger partial charge >= 0.3 is 0 Å². The lowest BCUT2D eigenvalue weighted by atomic mass is 10.1. The number of amides is 1. The third-order valence-corrected chi connectivity index (χ3v) is 2.53. The molecule has 0 radical (unpaired) electrons. The fourth-order valence-electron chi connectivity index (χ4n) is 1.60. The summed E-state index contributed by atoms with van der Waals surface area (Å²) in [5, 5.41) is 18.1. The van der Waals surface area contributed by atoms with Crippen LogP contribution in [0.15, 0.2) is 30.5 Å². The molecule has 2 aromatic rings. The predicted octanol–water partition coefficient (Wildman–Crippen LogP) is 1.15. The van der Waals surface area contributed by atoms with Crippen LogP contribution in [0, 0.1) is 11.6 Å². The second-order valence-corrected chi connectivity index (χ2v) is 3.83. The maximum atomic E-state index is 13.4. The van der Waals surface area contributed by atoms with Gasteiger partial charge < -0.3 is 10.4 Å². The van der Waals surface area contributed by atoms with Gasteiger partial charge in [0.05, 0.1) is 5.56 Å². The van der Waals surface area contributed by atoms with Gasteiger partial charge in [0.15, 0.2) is 0 Å². The molecule has 0 saturated heterocycles. The fraction of sp³-hybridized carbons (Fsp3) is 0.167. The molecule has 1 amide bonds. The smallest absolute Gasteiger partial charge is 0.269 e. The van der Waals surface area contributed by atoms with Gasteiger partial charge in [-0.1, -0.05) is 6.07 Å². The van der Waals surface area contributed by atoms with Crippen molar-refractivity contribution >= 4 is 5.91 Å². The Balaban J connectivity index is 2.02. The van der Waals surface area contributed by atoms with E-state index in [1.54, 1.807) is 0 Å². The van der Waals surface area contributed by atoms with Crippen molar-refractivity contribution in [2.75, 3.05) is 6.54 Å². The number of H-pyrrole nitrogens is 1. The number of aromatic amines is 1. The normalized spacial score (nSPS) is 12.2. The van der Waals surface area contributed by atoms with Gasteiger partial charge in [0.1, 0.15) is 23.4 Å². The van der Waals surface area contributed by atoms with Crippen LogP contribution in [0.4, 0.5) is 8.78 Å². The molecule has 0 aliphatic rings. The van der Waals surface area contributed by atoms with Gasteiger partial charge in [-0.15, -0.1) is 0 Å². The lowest BCUT2D eigenvalue weighted by Gasteiger charge is -2.13. The van der Waals surface area contributed by atoms with Gasteiger partial charge in [0, 0.05) is 12.7 Å². The van der Waals surface area contributed by atoms with Crippen LogP contribution in [0.1, 0.15) is 22.2 Å². The van der Waals surface area contributed by atoms with Crippen molar-refractivity contribution in [3.63, 3.8) is 0 Å². The molecule has 19 heavy (non-hydrogen) atoms. The van der Waals surface area contributed by atoms with Crippen LogP contribution >= 0.6 is 0 Å². The molecule has 5 nitrogen and oxygen atoms in total. The van der Waals surface area contributed by atoms with Gasteiger partial charge in [0.25, 0.3) is 5.91 Å². The predicted molar refractivity (Wildman–Crippen MR) is 62.2 cm³/mol. The zero-order valence-corrected chi connectivity index (χ0v) is 9.73. The summed E-state index contributed by atoms with van der Waals surface area (Å²) in [6.07, 6.45) is -0.0740. The molecule has 0 bridgehead atoms. The van der Waals surface area contributed by atoms with E-state index in [1.165, 1.54) is 18.3 Å². The first-order chi connectivity index (χ1) is 9.09. The molecule has 1 aromatic heterocycles. The summed E-state index contributed by atoms with van der Waals surface area (Å²) in [7, 11) is 0. The standard InChI is InChI=1S/C12H11F2N3O2/c13-7-2-1-3-8(14)11(7)10(18)6-15-12(19)9-4-5-16-17-9/h1-5,10,18H,6H2,(H,15,19)(H,16,17). The molecule has 0 fully saturated rings. The third kappa shape index (κ3) is 2.94. The highest BCUT2D eigenvalue weighted by atomic mass is 19.1. The first-order valence-electron chi connectivity index (χ1n) is 5.49. The number of aliphatic hydroxyl groups is 1. The van der Waals surface area contributed by atoms with E-state index in [-0.39, 0.29) is 12.2 Å². The number of nitrogens with one attached hydrogen (secondary N) is 2. The number of hydrogen-bond donors (Lipinski definition) is 3. The molecule has 1 aromatic carbocycles. The van der Waals surface area contributed by atoms with E-state index >= 15 is 0 Å². The highest BCUT2D eigenvalue weighted by Crippen LogP contribution is 2.19. The Hall–Kier alpha value is -2.28. The Labute approximate surface area is 107 Å². The quantitative estimate of drug-likeness (QED) is 0.777. The highest BCUT2D eigenvalue weighted by Gasteiger charge is 2.18. The van der Waals surface area contributed by atoms with E-state index in [9.17, 15) is 18.7 Å². The monoisotopic (exact) mass is 267 g/mol. The fourth-order valence-corrected chi connectivity index (χ4v) is 1.60. The highest BCUT2D eigenvalue weighted by molar-refractivity contribution is 5.92. The topological polar surface area (TPSA) is 78.0 Å². The molecular formula is C12H11F2N3O2. The summed E-state index contributed by atoms with van der Waals surface area (Å²) in [6, 6.07) is 4.71. The number of carbonyl (C=O) groups excluding carboxylic acids is 1. The molecule has 7 heteroatoms. The molecule has 0 aliphatic heterocycles. The minimum Gasteiger partial charge on any atom is -0.386 e. The summed E-state index contributed by atoms with van der Waals surface area (Å²) >= 11 is 0. The Kier molecular flexibility index (Phi) is 3.86. The maximum Gasteiger partial charge on any atom is 0.269 e. The molecule has 0 saturated carbocycles. The number of carbonyl (C=O) groups is 1. The molecular weight excluding hydrogens is 256 g/mol. The van der Waals surface area contributed by atoms with Crippen molar-refractivity contribution in [3.05, 3.63) is 53.4 Å². The average molecular weight is 267 g/mol. The van der Waals surface area contributed by atoms with Crippen molar-refractivity contribution < 1.29 is 18.7 Å². The molecule has 2 rings (SSSR count). The Morgan fingerprint density at radius 2 is 2.05 bits per heavy atom. The number of hydrogen-bond acceptors (Lipinski definition) is 3.